The summed E-state index contributed by atoms with van der Waals surface area (Å²) in [4.78, 5) is 11.7. The molecule has 0 saturated heterocycles. The van der Waals surface area contributed by atoms with Gasteiger partial charge in [-0.05, 0) is 44.9 Å². The number of benzene rings is 1. The number of hydrogen-bond donors (Lipinski definition) is 1. The van der Waals surface area contributed by atoms with E-state index in [2.05, 4.69) is 21.2 Å². The first-order valence-corrected chi connectivity index (χ1v) is 8.95. The van der Waals surface area contributed by atoms with Crippen LogP contribution in [0.3, 0.4) is 0 Å². The predicted molar refractivity (Wildman–Crippen MR) is 94.8 cm³/mol. The van der Waals surface area contributed by atoms with E-state index in [1.54, 1.807) is 0 Å². The van der Waals surface area contributed by atoms with Crippen LogP contribution >= 0.6 is 15.9 Å². The highest BCUT2D eigenvalue weighted by Gasteiger charge is 2.16. The third kappa shape index (κ3) is 5.94. The van der Waals surface area contributed by atoms with E-state index in [1.807, 2.05) is 39.8 Å². The number of halogens is 1. The summed E-state index contributed by atoms with van der Waals surface area (Å²) in [7, 11) is 0. The van der Waals surface area contributed by atoms with E-state index in [0.29, 0.717) is 43.6 Å². The molecule has 0 aliphatic rings. The number of alkyl halides is 1. The second-order valence-electron chi connectivity index (χ2n) is 4.81. The van der Waals surface area contributed by atoms with Crippen molar-refractivity contribution in [2.75, 3.05) is 19.8 Å². The molecule has 0 bridgehead atoms. The Bertz CT molecular complexity index is 480. The van der Waals surface area contributed by atoms with E-state index in [9.17, 15) is 4.79 Å². The molecule has 130 valence electrons. The van der Waals surface area contributed by atoms with Crippen LogP contribution in [0.5, 0.6) is 17.2 Å². The van der Waals surface area contributed by atoms with Crippen LogP contribution in [0.15, 0.2) is 12.1 Å². The van der Waals surface area contributed by atoms with Crippen molar-refractivity contribution in [1.29, 1.82) is 0 Å². The molecule has 0 aromatic heterocycles. The van der Waals surface area contributed by atoms with E-state index in [0.717, 1.165) is 12.0 Å². The van der Waals surface area contributed by atoms with Gasteiger partial charge in [0.15, 0.2) is 11.5 Å². The van der Waals surface area contributed by atoms with Crippen molar-refractivity contribution < 1.29 is 19.0 Å². The van der Waals surface area contributed by atoms with Crippen molar-refractivity contribution in [3.8, 4) is 17.2 Å². The maximum absolute atomic E-state index is 11.9. The number of carbonyl (C=O) groups excluding carboxylic acids is 1. The topological polar surface area (TPSA) is 56.8 Å². The molecular weight excluding hydrogens is 362 g/mol. The van der Waals surface area contributed by atoms with Crippen LogP contribution in [0, 0.1) is 0 Å². The van der Waals surface area contributed by atoms with Gasteiger partial charge in [0.05, 0.1) is 24.6 Å². The fraction of sp³-hybridized carbons (Fsp3) is 0.588. The molecule has 23 heavy (non-hydrogen) atoms. The molecule has 0 heterocycles. The third-order valence-electron chi connectivity index (χ3n) is 3.08. The number of amides is 1. The fourth-order valence-electron chi connectivity index (χ4n) is 2.03. The van der Waals surface area contributed by atoms with Gasteiger partial charge in [0.2, 0.25) is 11.7 Å². The smallest absolute Gasteiger partial charge is 0.234 e. The van der Waals surface area contributed by atoms with Gasteiger partial charge in [0, 0.05) is 6.54 Å². The van der Waals surface area contributed by atoms with Gasteiger partial charge in [-0.25, -0.2) is 0 Å². The Balaban J connectivity index is 3.01. The summed E-state index contributed by atoms with van der Waals surface area (Å²) < 4.78 is 17.0. The largest absolute Gasteiger partial charge is 0.490 e. The average Bonchev–Trinajstić information content (AvgIpc) is 2.55. The maximum atomic E-state index is 11.9. The molecule has 0 aliphatic carbocycles. The number of nitrogens with one attached hydrogen (secondary N) is 1. The summed E-state index contributed by atoms with van der Waals surface area (Å²) in [6, 6.07) is 3.76. The van der Waals surface area contributed by atoms with Crippen LogP contribution in [-0.4, -0.2) is 30.6 Å². The molecule has 5 nitrogen and oxygen atoms in total. The van der Waals surface area contributed by atoms with Crippen molar-refractivity contribution in [3.63, 3.8) is 0 Å². The lowest BCUT2D eigenvalue weighted by atomic mass is 10.1. The van der Waals surface area contributed by atoms with Gasteiger partial charge in [-0.1, -0.05) is 22.9 Å². The summed E-state index contributed by atoms with van der Waals surface area (Å²) >= 11 is 3.35. The van der Waals surface area contributed by atoms with Crippen LogP contribution < -0.4 is 19.5 Å². The highest BCUT2D eigenvalue weighted by molar-refractivity contribution is 9.10. The van der Waals surface area contributed by atoms with Crippen molar-refractivity contribution in [3.05, 3.63) is 17.7 Å². The zero-order valence-electron chi connectivity index (χ0n) is 14.3. The first kappa shape index (κ1) is 19.6. The average molecular weight is 388 g/mol. The standard InChI is InChI=1S/C17H26BrNO4/c1-5-13(18)17(20)19-11-12-9-14(21-6-2)16(23-8-4)15(10-12)22-7-3/h9-10,13H,5-8,11H2,1-4H3,(H,19,20). The molecule has 0 fully saturated rings. The molecule has 1 atom stereocenters. The summed E-state index contributed by atoms with van der Waals surface area (Å²) in [6.07, 6.45) is 0.740. The quantitative estimate of drug-likeness (QED) is 0.622. The zero-order chi connectivity index (χ0) is 17.2. The van der Waals surface area contributed by atoms with Crippen LogP contribution in [0.2, 0.25) is 0 Å². The molecule has 0 aliphatic heterocycles. The summed E-state index contributed by atoms with van der Waals surface area (Å²) in [5, 5.41) is 2.90. The summed E-state index contributed by atoms with van der Waals surface area (Å²) in [5.74, 6) is 1.85. The molecule has 6 heteroatoms. The van der Waals surface area contributed by atoms with Crippen molar-refractivity contribution in [1.82, 2.24) is 5.32 Å². The van der Waals surface area contributed by atoms with Crippen LogP contribution in [0.25, 0.3) is 0 Å². The van der Waals surface area contributed by atoms with Crippen molar-refractivity contribution >= 4 is 21.8 Å². The minimum atomic E-state index is -0.178. The molecule has 1 aromatic carbocycles. The van der Waals surface area contributed by atoms with Crippen molar-refractivity contribution in [2.45, 2.75) is 45.5 Å². The first-order chi connectivity index (χ1) is 11.1. The Kier molecular flexibility index (Phi) is 8.84. The van der Waals surface area contributed by atoms with Gasteiger partial charge >= 0.3 is 0 Å². The Morgan fingerprint density at radius 3 is 2.00 bits per heavy atom. The molecule has 0 radical (unpaired) electrons. The van der Waals surface area contributed by atoms with E-state index >= 15 is 0 Å². The number of hydrogen-bond acceptors (Lipinski definition) is 4. The van der Waals surface area contributed by atoms with Crippen LogP contribution in [0.1, 0.15) is 39.7 Å². The highest BCUT2D eigenvalue weighted by atomic mass is 79.9. The van der Waals surface area contributed by atoms with Gasteiger partial charge in [0.25, 0.3) is 0 Å². The maximum Gasteiger partial charge on any atom is 0.234 e. The Morgan fingerprint density at radius 1 is 1.04 bits per heavy atom. The third-order valence-corrected chi connectivity index (χ3v) is 4.14. The molecule has 1 rings (SSSR count). The minimum Gasteiger partial charge on any atom is -0.490 e. The lowest BCUT2D eigenvalue weighted by molar-refractivity contribution is -0.120. The second-order valence-corrected chi connectivity index (χ2v) is 5.92. The van der Waals surface area contributed by atoms with Crippen LogP contribution in [0.4, 0.5) is 0 Å². The number of ether oxygens (including phenoxy) is 3. The predicted octanol–water partition coefficient (Wildman–Crippen LogP) is 3.67. The molecule has 1 amide bonds. The number of carbonyl (C=O) groups is 1. The summed E-state index contributed by atoms with van der Waals surface area (Å²) in [6.45, 7) is 9.70. The van der Waals surface area contributed by atoms with Gasteiger partial charge in [-0.15, -0.1) is 0 Å². The number of rotatable bonds is 10. The first-order valence-electron chi connectivity index (χ1n) is 8.04. The molecule has 0 saturated carbocycles. The van der Waals surface area contributed by atoms with E-state index < -0.39 is 0 Å². The van der Waals surface area contributed by atoms with E-state index in [1.165, 1.54) is 0 Å². The molecule has 1 N–H and O–H groups in total. The van der Waals surface area contributed by atoms with Gasteiger partial charge in [-0.2, -0.15) is 0 Å². The normalized spacial score (nSPS) is 11.7. The van der Waals surface area contributed by atoms with Crippen molar-refractivity contribution in [2.24, 2.45) is 0 Å². The highest BCUT2D eigenvalue weighted by Crippen LogP contribution is 2.39. The van der Waals surface area contributed by atoms with E-state index in [-0.39, 0.29) is 10.7 Å². The van der Waals surface area contributed by atoms with Gasteiger partial charge in [0.1, 0.15) is 0 Å². The van der Waals surface area contributed by atoms with Crippen LogP contribution in [-0.2, 0) is 11.3 Å². The molecule has 0 spiro atoms. The fourth-order valence-corrected chi connectivity index (χ4v) is 2.19. The minimum absolute atomic E-state index is 0.0303. The SMILES string of the molecule is CCOc1cc(CNC(=O)C(Br)CC)cc(OCC)c1OCC. The Hall–Kier alpha value is -1.43. The zero-order valence-corrected chi connectivity index (χ0v) is 15.9. The van der Waals surface area contributed by atoms with E-state index in [4.69, 9.17) is 14.2 Å². The second kappa shape index (κ2) is 10.4. The molecule has 1 aromatic rings. The van der Waals surface area contributed by atoms with Gasteiger partial charge in [-0.3, -0.25) is 4.79 Å². The lowest BCUT2D eigenvalue weighted by Gasteiger charge is -2.17. The summed E-state index contributed by atoms with van der Waals surface area (Å²) in [5.41, 5.74) is 0.907. The molecular formula is C17H26BrNO4. The Labute approximate surface area is 146 Å². The monoisotopic (exact) mass is 387 g/mol. The molecule has 1 unspecified atom stereocenters. The lowest BCUT2D eigenvalue weighted by Crippen LogP contribution is -2.30. The Morgan fingerprint density at radius 2 is 1.57 bits per heavy atom. The van der Waals surface area contributed by atoms with Gasteiger partial charge < -0.3 is 19.5 Å².